The lowest BCUT2D eigenvalue weighted by molar-refractivity contribution is -0.126. The molecule has 32 heavy (non-hydrogen) atoms. The summed E-state index contributed by atoms with van der Waals surface area (Å²) >= 11 is 1.33. The fourth-order valence-corrected chi connectivity index (χ4v) is 6.82. The van der Waals surface area contributed by atoms with Crippen molar-refractivity contribution in [3.63, 3.8) is 0 Å². The fraction of sp³-hybridized carbons (Fsp3) is 0.409. The van der Waals surface area contributed by atoms with Crippen molar-refractivity contribution in [1.29, 1.82) is 0 Å². The first-order valence-corrected chi connectivity index (χ1v) is 12.7. The highest BCUT2D eigenvalue weighted by molar-refractivity contribution is 7.89. The first-order chi connectivity index (χ1) is 15.3. The summed E-state index contributed by atoms with van der Waals surface area (Å²) in [6.07, 6.45) is 0.998. The molecule has 1 aliphatic rings. The van der Waals surface area contributed by atoms with Gasteiger partial charge in [0.15, 0.2) is 0 Å². The summed E-state index contributed by atoms with van der Waals surface area (Å²) < 4.78 is 33.0. The molecule has 1 aliphatic heterocycles. The number of carbonyl (C=O) groups excluding carboxylic acids is 1. The first kappa shape index (κ1) is 22.6. The SMILES string of the molecule is Cc1nc(-c2cc(S(=O)(=O)N3CCC(C(=O)NCc4ccccc4C)CC3)c(C)s2)no1. The number of carbonyl (C=O) groups is 1. The summed E-state index contributed by atoms with van der Waals surface area (Å²) in [4.78, 5) is 18.4. The van der Waals surface area contributed by atoms with Gasteiger partial charge in [-0.25, -0.2) is 8.42 Å². The maximum atomic E-state index is 13.3. The Hall–Kier alpha value is -2.56. The molecule has 0 atom stereocenters. The van der Waals surface area contributed by atoms with Gasteiger partial charge in [0.1, 0.15) is 0 Å². The predicted molar refractivity (Wildman–Crippen MR) is 122 cm³/mol. The van der Waals surface area contributed by atoms with E-state index in [1.54, 1.807) is 19.9 Å². The molecule has 1 N–H and O–H groups in total. The van der Waals surface area contributed by atoms with Gasteiger partial charge in [0.05, 0.1) is 9.77 Å². The highest BCUT2D eigenvalue weighted by Gasteiger charge is 2.34. The minimum absolute atomic E-state index is 0.0215. The standard InChI is InChI=1S/C22H26N4O4S2/c1-14-6-4-5-7-18(14)13-23-22(27)17-8-10-26(11-9-17)32(28,29)20-12-19(31-15(20)2)21-24-16(3)30-25-21/h4-7,12,17H,8-11,13H2,1-3H3,(H,23,27). The van der Waals surface area contributed by atoms with E-state index in [1.807, 2.05) is 31.2 Å². The Balaban J connectivity index is 1.39. The van der Waals surface area contributed by atoms with E-state index in [0.29, 0.717) is 53.9 Å². The summed E-state index contributed by atoms with van der Waals surface area (Å²) in [6, 6.07) is 9.55. The van der Waals surface area contributed by atoms with Crippen molar-refractivity contribution < 1.29 is 17.7 Å². The van der Waals surface area contributed by atoms with Crippen LogP contribution in [0.25, 0.3) is 10.7 Å². The molecule has 1 saturated heterocycles. The summed E-state index contributed by atoms with van der Waals surface area (Å²) in [5.41, 5.74) is 2.22. The van der Waals surface area contributed by atoms with E-state index in [-0.39, 0.29) is 16.7 Å². The molecule has 1 aromatic carbocycles. The zero-order valence-electron chi connectivity index (χ0n) is 18.3. The number of sulfonamides is 1. The minimum Gasteiger partial charge on any atom is -0.352 e. The Morgan fingerprint density at radius 3 is 2.59 bits per heavy atom. The number of amides is 1. The quantitative estimate of drug-likeness (QED) is 0.587. The van der Waals surface area contributed by atoms with Crippen molar-refractivity contribution in [2.45, 2.75) is 45.1 Å². The highest BCUT2D eigenvalue weighted by atomic mass is 32.2. The lowest BCUT2D eigenvalue weighted by Gasteiger charge is -2.30. The molecular formula is C22H26N4O4S2. The third-order valence-electron chi connectivity index (χ3n) is 5.78. The Morgan fingerprint density at radius 2 is 1.94 bits per heavy atom. The third kappa shape index (κ3) is 4.62. The number of rotatable bonds is 6. The number of aromatic nitrogens is 2. The van der Waals surface area contributed by atoms with Gasteiger partial charge in [-0.2, -0.15) is 9.29 Å². The molecule has 1 amide bonds. The van der Waals surface area contributed by atoms with Crippen LogP contribution in [0.2, 0.25) is 0 Å². The van der Waals surface area contributed by atoms with E-state index in [1.165, 1.54) is 15.6 Å². The van der Waals surface area contributed by atoms with Gasteiger partial charge in [-0.05, 0) is 43.9 Å². The number of aryl methyl sites for hydroxylation is 3. The van der Waals surface area contributed by atoms with Gasteiger partial charge in [-0.1, -0.05) is 29.4 Å². The first-order valence-electron chi connectivity index (χ1n) is 10.5. The number of nitrogens with one attached hydrogen (secondary N) is 1. The molecule has 0 unspecified atom stereocenters. The lowest BCUT2D eigenvalue weighted by Crippen LogP contribution is -2.42. The lowest BCUT2D eigenvalue weighted by atomic mass is 9.97. The summed E-state index contributed by atoms with van der Waals surface area (Å²) in [5, 5.41) is 6.88. The molecular weight excluding hydrogens is 448 g/mol. The highest BCUT2D eigenvalue weighted by Crippen LogP contribution is 2.34. The van der Waals surface area contributed by atoms with E-state index < -0.39 is 10.0 Å². The Kier molecular flexibility index (Phi) is 6.45. The molecule has 2 aromatic heterocycles. The molecule has 0 bridgehead atoms. The predicted octanol–water partition coefficient (Wildman–Crippen LogP) is 3.44. The second kappa shape index (κ2) is 9.13. The van der Waals surface area contributed by atoms with Crippen molar-refractivity contribution in [1.82, 2.24) is 19.8 Å². The van der Waals surface area contributed by atoms with Gasteiger partial charge in [-0.3, -0.25) is 4.79 Å². The summed E-state index contributed by atoms with van der Waals surface area (Å²) in [7, 11) is -3.66. The van der Waals surface area contributed by atoms with Crippen molar-refractivity contribution in [2.24, 2.45) is 5.92 Å². The van der Waals surface area contributed by atoms with Crippen LogP contribution in [0, 0.1) is 26.7 Å². The molecule has 0 saturated carbocycles. The van der Waals surface area contributed by atoms with Crippen LogP contribution in [0.4, 0.5) is 0 Å². The van der Waals surface area contributed by atoms with Gasteiger partial charge in [0, 0.05) is 37.4 Å². The van der Waals surface area contributed by atoms with Gasteiger partial charge in [0.25, 0.3) is 0 Å². The minimum atomic E-state index is -3.66. The molecule has 8 nitrogen and oxygen atoms in total. The summed E-state index contributed by atoms with van der Waals surface area (Å²) in [6.45, 7) is 6.60. The second-order valence-electron chi connectivity index (χ2n) is 7.99. The number of piperidine rings is 1. The second-order valence-corrected chi connectivity index (χ2v) is 11.2. The molecule has 3 heterocycles. The van der Waals surface area contributed by atoms with Gasteiger partial charge >= 0.3 is 0 Å². The van der Waals surface area contributed by atoms with Crippen molar-refractivity contribution in [3.05, 3.63) is 52.2 Å². The van der Waals surface area contributed by atoms with Crippen LogP contribution >= 0.6 is 11.3 Å². The molecule has 1 fully saturated rings. The zero-order valence-corrected chi connectivity index (χ0v) is 19.9. The molecule has 0 radical (unpaired) electrons. The van der Waals surface area contributed by atoms with Crippen molar-refractivity contribution >= 4 is 27.3 Å². The zero-order chi connectivity index (χ0) is 22.9. The van der Waals surface area contributed by atoms with Crippen LogP contribution in [0.15, 0.2) is 39.8 Å². The van der Waals surface area contributed by atoms with Crippen LogP contribution in [-0.4, -0.2) is 41.9 Å². The van der Waals surface area contributed by atoms with Crippen LogP contribution < -0.4 is 5.32 Å². The van der Waals surface area contributed by atoms with Gasteiger partial charge < -0.3 is 9.84 Å². The van der Waals surface area contributed by atoms with E-state index in [2.05, 4.69) is 15.5 Å². The van der Waals surface area contributed by atoms with E-state index in [0.717, 1.165) is 11.1 Å². The van der Waals surface area contributed by atoms with E-state index in [9.17, 15) is 13.2 Å². The third-order valence-corrected chi connectivity index (χ3v) is 8.98. The van der Waals surface area contributed by atoms with E-state index in [4.69, 9.17) is 4.52 Å². The summed E-state index contributed by atoms with van der Waals surface area (Å²) in [5.74, 6) is 0.609. The van der Waals surface area contributed by atoms with Crippen LogP contribution in [-0.2, 0) is 21.4 Å². The average Bonchev–Trinajstić information content (AvgIpc) is 3.39. The number of benzene rings is 1. The van der Waals surface area contributed by atoms with Crippen molar-refractivity contribution in [2.75, 3.05) is 13.1 Å². The monoisotopic (exact) mass is 474 g/mol. The number of hydrogen-bond acceptors (Lipinski definition) is 7. The van der Waals surface area contributed by atoms with E-state index >= 15 is 0 Å². The average molecular weight is 475 g/mol. The van der Waals surface area contributed by atoms with Crippen LogP contribution in [0.5, 0.6) is 0 Å². The number of nitrogens with zero attached hydrogens (tertiary/aromatic N) is 3. The van der Waals surface area contributed by atoms with Crippen LogP contribution in [0.3, 0.4) is 0 Å². The van der Waals surface area contributed by atoms with Gasteiger partial charge in [-0.15, -0.1) is 11.3 Å². The van der Waals surface area contributed by atoms with Gasteiger partial charge in [0.2, 0.25) is 27.6 Å². The Labute approximate surface area is 191 Å². The Morgan fingerprint density at radius 1 is 1.22 bits per heavy atom. The molecule has 4 rings (SSSR count). The largest absolute Gasteiger partial charge is 0.352 e. The Bertz CT molecular complexity index is 1220. The fourth-order valence-electron chi connectivity index (χ4n) is 3.86. The maximum absolute atomic E-state index is 13.3. The maximum Gasteiger partial charge on any atom is 0.244 e. The number of hydrogen-bond donors (Lipinski definition) is 1. The smallest absolute Gasteiger partial charge is 0.244 e. The molecule has 10 heteroatoms. The van der Waals surface area contributed by atoms with Crippen molar-refractivity contribution in [3.8, 4) is 10.7 Å². The molecule has 170 valence electrons. The topological polar surface area (TPSA) is 105 Å². The number of thiophene rings is 1. The van der Waals surface area contributed by atoms with Crippen LogP contribution in [0.1, 0.15) is 34.7 Å². The molecule has 0 aliphatic carbocycles. The normalized spacial score (nSPS) is 15.7. The molecule has 3 aromatic rings. The molecule has 0 spiro atoms.